The average molecular weight is 259 g/mol. The molecule has 0 aliphatic rings. The Kier molecular flexibility index (Phi) is 2.53. The minimum atomic E-state index is -0.507. The Morgan fingerprint density at radius 2 is 2.05 bits per heavy atom. The van der Waals surface area contributed by atoms with Crippen molar-refractivity contribution in [1.29, 1.82) is 0 Å². The molecule has 6 heteroatoms. The third-order valence-corrected chi connectivity index (χ3v) is 3.24. The SMILES string of the molecule is COC(=O)c1c(CO)nc2n(C)c3ccccc3n12. The lowest BCUT2D eigenvalue weighted by Gasteiger charge is -2.00. The fraction of sp³-hybridized carbons (Fsp3) is 0.231. The summed E-state index contributed by atoms with van der Waals surface area (Å²) in [4.78, 5) is 16.2. The number of benzene rings is 1. The quantitative estimate of drug-likeness (QED) is 0.700. The van der Waals surface area contributed by atoms with E-state index in [1.54, 1.807) is 4.40 Å². The molecule has 0 radical (unpaired) electrons. The van der Waals surface area contributed by atoms with Crippen molar-refractivity contribution in [3.63, 3.8) is 0 Å². The van der Waals surface area contributed by atoms with Gasteiger partial charge in [-0.15, -0.1) is 0 Å². The number of aromatic nitrogens is 3. The lowest BCUT2D eigenvalue weighted by molar-refractivity contribution is 0.0589. The van der Waals surface area contributed by atoms with E-state index in [1.807, 2.05) is 35.9 Å². The van der Waals surface area contributed by atoms with Crippen LogP contribution in [0.5, 0.6) is 0 Å². The molecule has 6 nitrogen and oxygen atoms in total. The Morgan fingerprint density at radius 3 is 2.68 bits per heavy atom. The van der Waals surface area contributed by atoms with Crippen LogP contribution in [0, 0.1) is 0 Å². The summed E-state index contributed by atoms with van der Waals surface area (Å²) in [5.74, 6) is 0.0959. The predicted octanol–water partition coefficient (Wildman–Crippen LogP) is 1.10. The summed E-state index contributed by atoms with van der Waals surface area (Å²) in [5.41, 5.74) is 2.41. The molecule has 0 unspecified atom stereocenters. The average Bonchev–Trinajstić information content (AvgIpc) is 2.95. The van der Waals surface area contributed by atoms with Gasteiger partial charge in [0, 0.05) is 7.05 Å². The fourth-order valence-corrected chi connectivity index (χ4v) is 2.37. The molecule has 19 heavy (non-hydrogen) atoms. The molecule has 0 bridgehead atoms. The highest BCUT2D eigenvalue weighted by molar-refractivity contribution is 5.93. The van der Waals surface area contributed by atoms with E-state index in [-0.39, 0.29) is 12.3 Å². The first kappa shape index (κ1) is 11.7. The molecular formula is C13H13N3O3. The number of aliphatic hydroxyl groups excluding tert-OH is 1. The molecule has 1 aromatic carbocycles. The molecule has 0 amide bonds. The molecule has 0 aliphatic heterocycles. The van der Waals surface area contributed by atoms with E-state index in [0.29, 0.717) is 11.5 Å². The first-order valence-electron chi connectivity index (χ1n) is 5.83. The zero-order valence-electron chi connectivity index (χ0n) is 10.6. The van der Waals surface area contributed by atoms with Gasteiger partial charge >= 0.3 is 5.97 Å². The van der Waals surface area contributed by atoms with Gasteiger partial charge in [-0.25, -0.2) is 9.78 Å². The van der Waals surface area contributed by atoms with Crippen LogP contribution in [0.4, 0.5) is 0 Å². The number of para-hydroxylation sites is 2. The fourth-order valence-electron chi connectivity index (χ4n) is 2.37. The number of imidazole rings is 2. The lowest BCUT2D eigenvalue weighted by Crippen LogP contribution is -2.08. The molecule has 0 spiro atoms. The normalized spacial score (nSPS) is 11.3. The number of hydrogen-bond acceptors (Lipinski definition) is 4. The Bertz CT molecular complexity index is 785. The van der Waals surface area contributed by atoms with Crippen molar-refractivity contribution in [3.05, 3.63) is 35.7 Å². The number of carbonyl (C=O) groups is 1. The number of fused-ring (bicyclic) bond motifs is 3. The zero-order valence-corrected chi connectivity index (χ0v) is 10.6. The number of ether oxygens (including phenoxy) is 1. The first-order valence-corrected chi connectivity index (χ1v) is 5.83. The summed E-state index contributed by atoms with van der Waals surface area (Å²) < 4.78 is 8.37. The molecule has 0 saturated carbocycles. The van der Waals surface area contributed by atoms with Gasteiger partial charge in [0.15, 0.2) is 5.69 Å². The Labute approximate surface area is 108 Å². The number of aryl methyl sites for hydroxylation is 1. The van der Waals surface area contributed by atoms with E-state index in [9.17, 15) is 9.90 Å². The van der Waals surface area contributed by atoms with Crippen molar-refractivity contribution >= 4 is 22.8 Å². The van der Waals surface area contributed by atoms with Crippen LogP contribution in [0.15, 0.2) is 24.3 Å². The van der Waals surface area contributed by atoms with Crippen LogP contribution in [0.1, 0.15) is 16.2 Å². The van der Waals surface area contributed by atoms with Crippen molar-refractivity contribution in [2.24, 2.45) is 7.05 Å². The summed E-state index contributed by atoms with van der Waals surface area (Å²) in [6.45, 7) is -0.305. The van der Waals surface area contributed by atoms with Crippen molar-refractivity contribution in [3.8, 4) is 0 Å². The molecular weight excluding hydrogens is 246 g/mol. The van der Waals surface area contributed by atoms with Crippen molar-refractivity contribution in [2.45, 2.75) is 6.61 Å². The second-order valence-corrected chi connectivity index (χ2v) is 4.24. The van der Waals surface area contributed by atoms with Gasteiger partial charge < -0.3 is 14.4 Å². The molecule has 2 aromatic heterocycles. The number of hydrogen-bond donors (Lipinski definition) is 1. The third kappa shape index (κ3) is 1.47. The van der Waals surface area contributed by atoms with Crippen LogP contribution < -0.4 is 0 Å². The highest BCUT2D eigenvalue weighted by Gasteiger charge is 2.23. The van der Waals surface area contributed by atoms with E-state index in [2.05, 4.69) is 4.98 Å². The molecule has 3 rings (SSSR count). The van der Waals surface area contributed by atoms with Crippen LogP contribution in [0.25, 0.3) is 16.8 Å². The second kappa shape index (κ2) is 4.10. The topological polar surface area (TPSA) is 68.8 Å². The number of rotatable bonds is 2. The molecule has 2 heterocycles. The van der Waals surface area contributed by atoms with Crippen LogP contribution >= 0.6 is 0 Å². The van der Waals surface area contributed by atoms with E-state index < -0.39 is 5.97 Å². The van der Waals surface area contributed by atoms with E-state index in [0.717, 1.165) is 11.0 Å². The summed E-state index contributed by atoms with van der Waals surface area (Å²) in [7, 11) is 3.18. The van der Waals surface area contributed by atoms with Crippen LogP contribution in [0.3, 0.4) is 0 Å². The number of nitrogens with zero attached hydrogens (tertiary/aromatic N) is 3. The Morgan fingerprint density at radius 1 is 1.37 bits per heavy atom. The van der Waals surface area contributed by atoms with E-state index >= 15 is 0 Å². The third-order valence-electron chi connectivity index (χ3n) is 3.24. The molecule has 0 saturated heterocycles. The van der Waals surface area contributed by atoms with Gasteiger partial charge in [-0.3, -0.25) is 4.40 Å². The van der Waals surface area contributed by atoms with Crippen LogP contribution in [0.2, 0.25) is 0 Å². The molecule has 3 aromatic rings. The number of aliphatic hydroxyl groups is 1. The molecule has 0 fully saturated rings. The Balaban J connectivity index is 2.51. The smallest absolute Gasteiger partial charge is 0.357 e. The second-order valence-electron chi connectivity index (χ2n) is 4.24. The summed E-state index contributed by atoms with van der Waals surface area (Å²) in [6, 6.07) is 7.66. The largest absolute Gasteiger partial charge is 0.464 e. The maximum atomic E-state index is 11.9. The molecule has 98 valence electrons. The maximum Gasteiger partial charge on any atom is 0.357 e. The summed E-state index contributed by atoms with van der Waals surface area (Å²) >= 11 is 0. The lowest BCUT2D eigenvalue weighted by atomic mass is 10.3. The predicted molar refractivity (Wildman–Crippen MR) is 68.9 cm³/mol. The minimum absolute atomic E-state index is 0.275. The summed E-state index contributed by atoms with van der Waals surface area (Å²) in [6.07, 6.45) is 0. The Hall–Kier alpha value is -2.34. The monoisotopic (exact) mass is 259 g/mol. The zero-order chi connectivity index (χ0) is 13.6. The molecule has 0 atom stereocenters. The van der Waals surface area contributed by atoms with Crippen molar-refractivity contribution < 1.29 is 14.6 Å². The molecule has 0 aliphatic carbocycles. The number of methoxy groups -OCH3 is 1. The van der Waals surface area contributed by atoms with Gasteiger partial charge in [0.05, 0.1) is 24.8 Å². The van der Waals surface area contributed by atoms with Gasteiger partial charge in [-0.2, -0.15) is 0 Å². The molecule has 1 N–H and O–H groups in total. The van der Waals surface area contributed by atoms with Gasteiger partial charge in [0.25, 0.3) is 0 Å². The number of esters is 1. The van der Waals surface area contributed by atoms with E-state index in [4.69, 9.17) is 4.74 Å². The summed E-state index contributed by atoms with van der Waals surface area (Å²) in [5, 5.41) is 9.35. The minimum Gasteiger partial charge on any atom is -0.464 e. The van der Waals surface area contributed by atoms with Gasteiger partial charge in [-0.1, -0.05) is 12.1 Å². The highest BCUT2D eigenvalue weighted by Crippen LogP contribution is 2.23. The highest BCUT2D eigenvalue weighted by atomic mass is 16.5. The van der Waals surface area contributed by atoms with Crippen molar-refractivity contribution in [1.82, 2.24) is 14.0 Å². The van der Waals surface area contributed by atoms with Crippen molar-refractivity contribution in [2.75, 3.05) is 7.11 Å². The van der Waals surface area contributed by atoms with Gasteiger partial charge in [0.2, 0.25) is 5.78 Å². The van der Waals surface area contributed by atoms with Crippen LogP contribution in [-0.4, -0.2) is 32.1 Å². The first-order chi connectivity index (χ1) is 9.19. The maximum absolute atomic E-state index is 11.9. The standard InChI is InChI=1S/C13H13N3O3/c1-15-9-5-3-4-6-10(9)16-11(12(18)19-2)8(7-17)14-13(15)16/h3-6,17H,7H2,1-2H3. The van der Waals surface area contributed by atoms with Gasteiger partial charge in [0.1, 0.15) is 5.69 Å². The van der Waals surface area contributed by atoms with Crippen LogP contribution in [-0.2, 0) is 18.4 Å². The van der Waals surface area contributed by atoms with Gasteiger partial charge in [-0.05, 0) is 12.1 Å². The van der Waals surface area contributed by atoms with E-state index in [1.165, 1.54) is 7.11 Å². The number of carbonyl (C=O) groups excluding carboxylic acids is 1.